The number of guanidine groups is 1. The van der Waals surface area contributed by atoms with Gasteiger partial charge in [0.1, 0.15) is 5.82 Å². The first-order chi connectivity index (χ1) is 15.7. The number of hydrogen-bond acceptors (Lipinski definition) is 4. The maximum absolute atomic E-state index is 14.0. The maximum atomic E-state index is 14.0. The molecule has 3 fully saturated rings. The molecule has 1 atom stereocenters. The molecule has 0 amide bonds. The SMILES string of the molecule is CN=C(NCCCN1CCN(c2ccccc2F)CC1)N1CCC(CN2CCCCC2)C1. The summed E-state index contributed by atoms with van der Waals surface area (Å²) in [5.41, 5.74) is 0.738. The van der Waals surface area contributed by atoms with Crippen molar-refractivity contribution in [1.82, 2.24) is 20.0 Å². The first-order valence-corrected chi connectivity index (χ1v) is 12.6. The van der Waals surface area contributed by atoms with E-state index in [2.05, 4.69) is 29.9 Å². The molecule has 3 heterocycles. The molecule has 6 nitrogen and oxygen atoms in total. The summed E-state index contributed by atoms with van der Waals surface area (Å²) in [6, 6.07) is 7.11. The zero-order valence-electron chi connectivity index (χ0n) is 19.8. The van der Waals surface area contributed by atoms with E-state index in [0.717, 1.165) is 76.3 Å². The van der Waals surface area contributed by atoms with Gasteiger partial charge < -0.3 is 20.0 Å². The van der Waals surface area contributed by atoms with Gasteiger partial charge in [0, 0.05) is 59.4 Å². The van der Waals surface area contributed by atoms with Crippen molar-refractivity contribution >= 4 is 11.6 Å². The van der Waals surface area contributed by atoms with Crippen molar-refractivity contribution in [2.45, 2.75) is 32.1 Å². The van der Waals surface area contributed by atoms with E-state index in [9.17, 15) is 4.39 Å². The summed E-state index contributed by atoms with van der Waals surface area (Å²) in [7, 11) is 1.90. The average molecular weight is 445 g/mol. The molecular formula is C25H41FN6. The molecule has 0 aromatic heterocycles. The Hall–Kier alpha value is -1.86. The van der Waals surface area contributed by atoms with Crippen molar-refractivity contribution in [1.29, 1.82) is 0 Å². The Bertz CT molecular complexity index is 727. The van der Waals surface area contributed by atoms with Gasteiger partial charge >= 0.3 is 0 Å². The lowest BCUT2D eigenvalue weighted by molar-refractivity contribution is 0.198. The standard InChI is InChI=1S/C25H41FN6/c1-27-25(32-15-10-22(21-32)20-30-12-5-2-6-13-30)28-11-7-14-29-16-18-31(19-17-29)24-9-4-3-8-23(24)26/h3-4,8-9,22H,2,5-7,10-21H2,1H3,(H,27,28). The van der Waals surface area contributed by atoms with Crippen molar-refractivity contribution < 1.29 is 4.39 Å². The number of benzene rings is 1. The van der Waals surface area contributed by atoms with Crippen molar-refractivity contribution in [3.05, 3.63) is 30.1 Å². The second-order valence-corrected chi connectivity index (χ2v) is 9.57. The molecule has 1 N–H and O–H groups in total. The number of likely N-dealkylation sites (tertiary alicyclic amines) is 2. The Balaban J connectivity index is 1.11. The van der Waals surface area contributed by atoms with Gasteiger partial charge in [-0.15, -0.1) is 0 Å². The molecule has 1 aromatic rings. The highest BCUT2D eigenvalue weighted by atomic mass is 19.1. The molecule has 1 aromatic carbocycles. The fraction of sp³-hybridized carbons (Fsp3) is 0.720. The number of halogens is 1. The third-order valence-corrected chi connectivity index (χ3v) is 7.26. The molecule has 4 rings (SSSR count). The summed E-state index contributed by atoms with van der Waals surface area (Å²) in [6.07, 6.45) is 6.54. The Morgan fingerprint density at radius 3 is 2.53 bits per heavy atom. The van der Waals surface area contributed by atoms with E-state index >= 15 is 0 Å². The smallest absolute Gasteiger partial charge is 0.193 e. The van der Waals surface area contributed by atoms with Crippen LogP contribution in [0.1, 0.15) is 32.1 Å². The predicted molar refractivity (Wildman–Crippen MR) is 131 cm³/mol. The van der Waals surface area contributed by atoms with Crippen LogP contribution in [0.3, 0.4) is 0 Å². The summed E-state index contributed by atoms with van der Waals surface area (Å²) in [5.74, 6) is 1.73. The molecular weight excluding hydrogens is 403 g/mol. The summed E-state index contributed by atoms with van der Waals surface area (Å²) >= 11 is 0. The number of hydrogen-bond donors (Lipinski definition) is 1. The third-order valence-electron chi connectivity index (χ3n) is 7.26. The second kappa shape index (κ2) is 11.8. The lowest BCUT2D eigenvalue weighted by atomic mass is 10.1. The van der Waals surface area contributed by atoms with Crippen LogP contribution in [0.5, 0.6) is 0 Å². The Morgan fingerprint density at radius 1 is 1.00 bits per heavy atom. The lowest BCUT2D eigenvalue weighted by Gasteiger charge is -2.36. The fourth-order valence-electron chi connectivity index (χ4n) is 5.44. The average Bonchev–Trinajstić information content (AvgIpc) is 3.29. The number of rotatable bonds is 7. The minimum Gasteiger partial charge on any atom is -0.367 e. The first kappa shape index (κ1) is 23.3. The minimum atomic E-state index is -0.114. The summed E-state index contributed by atoms with van der Waals surface area (Å²) in [5, 5.41) is 3.59. The zero-order chi connectivity index (χ0) is 22.2. The van der Waals surface area contributed by atoms with Gasteiger partial charge in [0.25, 0.3) is 0 Å². The zero-order valence-corrected chi connectivity index (χ0v) is 19.8. The predicted octanol–water partition coefficient (Wildman–Crippen LogP) is 2.72. The van der Waals surface area contributed by atoms with E-state index in [4.69, 9.17) is 0 Å². The van der Waals surface area contributed by atoms with Crippen molar-refractivity contribution in [2.24, 2.45) is 10.9 Å². The number of aliphatic imine (C=N–C) groups is 1. The second-order valence-electron chi connectivity index (χ2n) is 9.57. The van der Waals surface area contributed by atoms with Gasteiger partial charge in [-0.2, -0.15) is 0 Å². The monoisotopic (exact) mass is 444 g/mol. The van der Waals surface area contributed by atoms with Crippen LogP contribution in [-0.2, 0) is 0 Å². The summed E-state index contributed by atoms with van der Waals surface area (Å²) < 4.78 is 14.0. The van der Waals surface area contributed by atoms with Crippen LogP contribution >= 0.6 is 0 Å². The molecule has 0 radical (unpaired) electrons. The quantitative estimate of drug-likeness (QED) is 0.398. The van der Waals surface area contributed by atoms with Gasteiger partial charge in [-0.25, -0.2) is 4.39 Å². The minimum absolute atomic E-state index is 0.114. The van der Waals surface area contributed by atoms with Gasteiger partial charge in [0.05, 0.1) is 5.69 Å². The van der Waals surface area contributed by atoms with Crippen molar-refractivity contribution in [3.8, 4) is 0 Å². The molecule has 0 bridgehead atoms. The third kappa shape index (κ3) is 6.35. The van der Waals surface area contributed by atoms with Gasteiger partial charge in [0.2, 0.25) is 0 Å². The van der Waals surface area contributed by atoms with Crippen LogP contribution in [0.4, 0.5) is 10.1 Å². The van der Waals surface area contributed by atoms with Gasteiger partial charge in [-0.1, -0.05) is 18.6 Å². The highest BCUT2D eigenvalue weighted by Gasteiger charge is 2.27. The van der Waals surface area contributed by atoms with Gasteiger partial charge in [-0.05, 0) is 63.4 Å². The molecule has 3 aliphatic rings. The largest absolute Gasteiger partial charge is 0.367 e. The summed E-state index contributed by atoms with van der Waals surface area (Å²) in [6.45, 7) is 11.9. The van der Waals surface area contributed by atoms with Crippen LogP contribution in [0.25, 0.3) is 0 Å². The molecule has 3 saturated heterocycles. The topological polar surface area (TPSA) is 37.4 Å². The van der Waals surface area contributed by atoms with E-state index in [1.807, 2.05) is 19.2 Å². The molecule has 0 aliphatic carbocycles. The Labute approximate surface area is 193 Å². The highest BCUT2D eigenvalue weighted by molar-refractivity contribution is 5.80. The van der Waals surface area contributed by atoms with E-state index < -0.39 is 0 Å². The van der Waals surface area contributed by atoms with E-state index in [1.54, 1.807) is 12.1 Å². The number of nitrogens with zero attached hydrogens (tertiary/aromatic N) is 5. The van der Waals surface area contributed by atoms with Gasteiger partial charge in [-0.3, -0.25) is 9.89 Å². The van der Waals surface area contributed by atoms with Crippen LogP contribution in [-0.4, -0.2) is 99.7 Å². The maximum Gasteiger partial charge on any atom is 0.193 e. The Morgan fingerprint density at radius 2 is 1.78 bits per heavy atom. The number of para-hydroxylation sites is 1. The number of anilines is 1. The van der Waals surface area contributed by atoms with E-state index in [0.29, 0.717) is 0 Å². The van der Waals surface area contributed by atoms with E-state index in [-0.39, 0.29) is 5.82 Å². The number of piperazine rings is 1. The Kier molecular flexibility index (Phi) is 8.62. The molecule has 1 unspecified atom stereocenters. The van der Waals surface area contributed by atoms with Crippen LogP contribution in [0, 0.1) is 11.7 Å². The van der Waals surface area contributed by atoms with Crippen molar-refractivity contribution in [2.75, 3.05) is 83.9 Å². The van der Waals surface area contributed by atoms with Crippen molar-refractivity contribution in [3.63, 3.8) is 0 Å². The molecule has 0 saturated carbocycles. The van der Waals surface area contributed by atoms with Crippen LogP contribution < -0.4 is 10.2 Å². The fourth-order valence-corrected chi connectivity index (χ4v) is 5.44. The van der Waals surface area contributed by atoms with Gasteiger partial charge in [0.15, 0.2) is 5.96 Å². The van der Waals surface area contributed by atoms with Crippen LogP contribution in [0.2, 0.25) is 0 Å². The lowest BCUT2D eigenvalue weighted by Crippen LogP contribution is -2.47. The first-order valence-electron chi connectivity index (χ1n) is 12.6. The molecule has 7 heteroatoms. The van der Waals surface area contributed by atoms with E-state index in [1.165, 1.54) is 45.3 Å². The molecule has 3 aliphatic heterocycles. The number of piperidine rings is 1. The molecule has 178 valence electrons. The highest BCUT2D eigenvalue weighted by Crippen LogP contribution is 2.21. The normalized spacial score (nSPS) is 23.7. The molecule has 32 heavy (non-hydrogen) atoms. The molecule has 0 spiro atoms. The summed E-state index contributed by atoms with van der Waals surface area (Å²) in [4.78, 5) is 14.3. The number of nitrogens with one attached hydrogen (secondary N) is 1. The van der Waals surface area contributed by atoms with Crippen LogP contribution in [0.15, 0.2) is 29.3 Å².